The number of benzene rings is 1. The summed E-state index contributed by atoms with van der Waals surface area (Å²) in [7, 11) is 0. The molecule has 192 valence electrons. The third-order valence-corrected chi connectivity index (χ3v) is 8.32. The van der Waals surface area contributed by atoms with Crippen LogP contribution in [-0.4, -0.2) is 94.8 Å². The second kappa shape index (κ2) is 11.6. The molecule has 0 spiro atoms. The van der Waals surface area contributed by atoms with E-state index in [0.717, 1.165) is 65.6 Å². The predicted octanol–water partition coefficient (Wildman–Crippen LogP) is 2.70. The maximum absolute atomic E-state index is 13.0. The van der Waals surface area contributed by atoms with Crippen LogP contribution in [0.3, 0.4) is 0 Å². The molecule has 0 saturated carbocycles. The Hall–Kier alpha value is -2.66. The monoisotopic (exact) mass is 512 g/mol. The summed E-state index contributed by atoms with van der Waals surface area (Å²) in [5.74, 6) is 0.908. The fraction of sp³-hybridized carbons (Fsp3) is 0.500. The molecule has 1 amide bonds. The summed E-state index contributed by atoms with van der Waals surface area (Å²) in [6, 6.07) is 9.59. The van der Waals surface area contributed by atoms with Gasteiger partial charge in [-0.1, -0.05) is 30.3 Å². The molecule has 1 fully saturated rings. The lowest BCUT2D eigenvalue weighted by Gasteiger charge is -2.34. The number of aliphatic hydroxyl groups excluding tert-OH is 1. The molecule has 2 N–H and O–H groups in total. The number of carbonyl (C=O) groups excluding carboxylic acids is 1. The molecular weight excluding hydrogens is 479 g/mol. The SMILES string of the molecule is O=C(CCN1CCN(CCF)CC1)N1CCc2c(sc3ncnc(N[C@H](CO)c4ccccc4)c23)C1. The quantitative estimate of drug-likeness (QED) is 0.456. The van der Waals surface area contributed by atoms with Crippen LogP contribution in [0, 0.1) is 0 Å². The van der Waals surface area contributed by atoms with Crippen LogP contribution < -0.4 is 5.32 Å². The van der Waals surface area contributed by atoms with Gasteiger partial charge in [0, 0.05) is 57.1 Å². The summed E-state index contributed by atoms with van der Waals surface area (Å²) in [6.45, 7) is 5.70. The Morgan fingerprint density at radius 3 is 2.56 bits per heavy atom. The zero-order valence-electron chi connectivity index (χ0n) is 20.4. The molecule has 4 heterocycles. The Labute approximate surface area is 214 Å². The van der Waals surface area contributed by atoms with Crippen LogP contribution in [0.2, 0.25) is 0 Å². The number of anilines is 1. The van der Waals surface area contributed by atoms with Crippen LogP contribution >= 0.6 is 11.3 Å². The lowest BCUT2D eigenvalue weighted by molar-refractivity contribution is -0.132. The number of carbonyl (C=O) groups is 1. The number of halogens is 1. The van der Waals surface area contributed by atoms with Crippen molar-refractivity contribution < 1.29 is 14.3 Å². The number of nitrogens with zero attached hydrogens (tertiary/aromatic N) is 5. The second-order valence-corrected chi connectivity index (χ2v) is 10.5. The van der Waals surface area contributed by atoms with Crippen LogP contribution in [0.15, 0.2) is 36.7 Å². The van der Waals surface area contributed by atoms with Gasteiger partial charge in [-0.2, -0.15) is 0 Å². The third kappa shape index (κ3) is 5.51. The van der Waals surface area contributed by atoms with Crippen LogP contribution in [0.5, 0.6) is 0 Å². The standard InChI is InChI=1S/C26H33FN6O2S/c27-8-11-32-14-12-31(13-15-32)9-7-23(35)33-10-6-20-22(16-33)36-26-24(20)25(28-18-29-26)30-21(17-34)19-4-2-1-3-5-19/h1-5,18,21,34H,6-17H2,(H,28,29,30)/t21-/m1/s1. The van der Waals surface area contributed by atoms with Crippen molar-refractivity contribution in [1.82, 2.24) is 24.7 Å². The van der Waals surface area contributed by atoms with Crippen LogP contribution in [0.25, 0.3) is 10.2 Å². The van der Waals surface area contributed by atoms with Crippen LogP contribution in [0.1, 0.15) is 28.5 Å². The Morgan fingerprint density at radius 2 is 1.83 bits per heavy atom. The van der Waals surface area contributed by atoms with Crippen LogP contribution in [0.4, 0.5) is 10.2 Å². The van der Waals surface area contributed by atoms with Crippen molar-refractivity contribution in [2.45, 2.75) is 25.4 Å². The zero-order valence-corrected chi connectivity index (χ0v) is 21.2. The van der Waals surface area contributed by atoms with Gasteiger partial charge in [0.2, 0.25) is 5.91 Å². The van der Waals surface area contributed by atoms with Crippen molar-refractivity contribution >= 4 is 33.3 Å². The minimum Gasteiger partial charge on any atom is -0.394 e. The number of aliphatic hydroxyl groups is 1. The zero-order chi connectivity index (χ0) is 24.9. The molecule has 10 heteroatoms. The van der Waals surface area contributed by atoms with Crippen LogP contribution in [-0.2, 0) is 17.8 Å². The maximum atomic E-state index is 13.0. The topological polar surface area (TPSA) is 84.8 Å². The molecule has 2 aliphatic rings. The first-order chi connectivity index (χ1) is 17.7. The molecule has 1 atom stereocenters. The number of amides is 1. The molecule has 0 aliphatic carbocycles. The Bertz CT molecular complexity index is 1170. The molecule has 2 aliphatic heterocycles. The lowest BCUT2D eigenvalue weighted by atomic mass is 10.0. The number of alkyl halides is 1. The molecule has 0 bridgehead atoms. The number of thiophene rings is 1. The maximum Gasteiger partial charge on any atom is 0.224 e. The van der Waals surface area contributed by atoms with Gasteiger partial charge in [-0.3, -0.25) is 9.69 Å². The van der Waals surface area contributed by atoms with E-state index in [1.54, 1.807) is 17.7 Å². The molecule has 3 aromatic rings. The first kappa shape index (κ1) is 25.0. The Kier molecular flexibility index (Phi) is 8.05. The Balaban J connectivity index is 1.24. The van der Waals surface area contributed by atoms with E-state index < -0.39 is 0 Å². The van der Waals surface area contributed by atoms with Gasteiger partial charge in [-0.25, -0.2) is 14.4 Å². The van der Waals surface area contributed by atoms with E-state index >= 15 is 0 Å². The minimum atomic E-state index is -0.300. The lowest BCUT2D eigenvalue weighted by Crippen LogP contribution is -2.48. The van der Waals surface area contributed by atoms with Crippen molar-refractivity contribution in [1.29, 1.82) is 0 Å². The first-order valence-electron chi connectivity index (χ1n) is 12.6. The number of piperazine rings is 1. The van der Waals surface area contributed by atoms with E-state index in [1.807, 2.05) is 35.2 Å². The van der Waals surface area contributed by atoms with Crippen molar-refractivity contribution in [2.75, 3.05) is 64.4 Å². The second-order valence-electron chi connectivity index (χ2n) is 9.38. The summed E-state index contributed by atoms with van der Waals surface area (Å²) < 4.78 is 12.5. The first-order valence-corrected chi connectivity index (χ1v) is 13.4. The molecular formula is C26H33FN6O2S. The average molecular weight is 513 g/mol. The third-order valence-electron chi connectivity index (χ3n) is 7.19. The van der Waals surface area contributed by atoms with Gasteiger partial charge >= 0.3 is 0 Å². The molecule has 0 unspecified atom stereocenters. The van der Waals surface area contributed by atoms with Gasteiger partial charge in [0.05, 0.1) is 24.6 Å². The molecule has 2 aromatic heterocycles. The van der Waals surface area contributed by atoms with Crippen molar-refractivity contribution in [3.63, 3.8) is 0 Å². The predicted molar refractivity (Wildman–Crippen MR) is 140 cm³/mol. The largest absolute Gasteiger partial charge is 0.394 e. The number of rotatable bonds is 9. The fourth-order valence-corrected chi connectivity index (χ4v) is 6.31. The van der Waals surface area contributed by atoms with Crippen molar-refractivity contribution in [3.05, 3.63) is 52.7 Å². The average Bonchev–Trinajstić information content (AvgIpc) is 3.30. The van der Waals surface area contributed by atoms with E-state index in [9.17, 15) is 14.3 Å². The van der Waals surface area contributed by atoms with E-state index in [4.69, 9.17) is 0 Å². The van der Waals surface area contributed by atoms with Gasteiger partial charge in [0.1, 0.15) is 23.7 Å². The molecule has 36 heavy (non-hydrogen) atoms. The van der Waals surface area contributed by atoms with Gasteiger partial charge in [-0.15, -0.1) is 11.3 Å². The highest BCUT2D eigenvalue weighted by atomic mass is 32.1. The fourth-order valence-electron chi connectivity index (χ4n) is 5.10. The van der Waals surface area contributed by atoms with Gasteiger partial charge in [-0.05, 0) is 17.5 Å². The highest BCUT2D eigenvalue weighted by molar-refractivity contribution is 7.19. The molecule has 1 saturated heterocycles. The molecule has 1 aromatic carbocycles. The minimum absolute atomic E-state index is 0.0466. The van der Waals surface area contributed by atoms with E-state index in [-0.39, 0.29) is 25.2 Å². The number of nitrogens with one attached hydrogen (secondary N) is 1. The summed E-state index contributed by atoms with van der Waals surface area (Å²) >= 11 is 1.62. The molecule has 5 rings (SSSR count). The number of hydrogen-bond donors (Lipinski definition) is 2. The number of fused-ring (bicyclic) bond motifs is 3. The van der Waals surface area contributed by atoms with E-state index in [0.29, 0.717) is 26.1 Å². The van der Waals surface area contributed by atoms with Gasteiger partial charge < -0.3 is 20.2 Å². The highest BCUT2D eigenvalue weighted by Crippen LogP contribution is 2.38. The summed E-state index contributed by atoms with van der Waals surface area (Å²) in [4.78, 5) is 30.5. The number of hydrogen-bond acceptors (Lipinski definition) is 8. The van der Waals surface area contributed by atoms with Crippen molar-refractivity contribution in [2.24, 2.45) is 0 Å². The van der Waals surface area contributed by atoms with Gasteiger partial charge in [0.25, 0.3) is 0 Å². The molecule has 0 radical (unpaired) electrons. The van der Waals surface area contributed by atoms with E-state index in [1.165, 1.54) is 5.56 Å². The summed E-state index contributed by atoms with van der Waals surface area (Å²) in [6.07, 6.45) is 2.83. The summed E-state index contributed by atoms with van der Waals surface area (Å²) in [5, 5.41) is 14.4. The van der Waals surface area contributed by atoms with Crippen molar-refractivity contribution in [3.8, 4) is 0 Å². The number of aromatic nitrogens is 2. The van der Waals surface area contributed by atoms with Gasteiger partial charge in [0.15, 0.2) is 0 Å². The smallest absolute Gasteiger partial charge is 0.224 e. The Morgan fingerprint density at radius 1 is 1.08 bits per heavy atom. The van der Waals surface area contributed by atoms with E-state index in [2.05, 4.69) is 25.1 Å². The normalized spacial score (nSPS) is 17.8. The summed E-state index contributed by atoms with van der Waals surface area (Å²) in [5.41, 5.74) is 2.20. The molecule has 8 nitrogen and oxygen atoms in total. The highest BCUT2D eigenvalue weighted by Gasteiger charge is 2.27.